The van der Waals surface area contributed by atoms with Gasteiger partial charge in [0, 0.05) is 16.0 Å². The fourth-order valence-corrected chi connectivity index (χ4v) is 4.20. The van der Waals surface area contributed by atoms with Crippen LogP contribution < -0.4 is 10.3 Å². The molecule has 1 aliphatic heterocycles. The number of hydrogen-bond acceptors (Lipinski definition) is 3. The molecule has 1 aliphatic rings. The van der Waals surface area contributed by atoms with E-state index in [9.17, 15) is 9.59 Å². The van der Waals surface area contributed by atoms with Crippen LogP contribution in [0.25, 0.3) is 10.9 Å². The molecule has 3 aromatic carbocycles. The summed E-state index contributed by atoms with van der Waals surface area (Å²) in [5.41, 5.74) is 2.19. The van der Waals surface area contributed by atoms with E-state index in [1.807, 2.05) is 54.6 Å². The lowest BCUT2D eigenvalue weighted by Crippen LogP contribution is -2.31. The SMILES string of the molecule is O=C(c1ccccc1)C1Oc2c(c(=O)[nH]c3ccccc23)C1c1cccc(Cl)c1. The number of rotatable bonds is 3. The Kier molecular flexibility index (Phi) is 4.22. The molecule has 0 fully saturated rings. The summed E-state index contributed by atoms with van der Waals surface area (Å²) in [6.07, 6.45) is -0.849. The first-order chi connectivity index (χ1) is 14.1. The number of nitrogens with one attached hydrogen (secondary N) is 1. The van der Waals surface area contributed by atoms with Crippen molar-refractivity contribution in [3.8, 4) is 5.75 Å². The number of aromatic amines is 1. The molecule has 0 spiro atoms. The Morgan fingerprint density at radius 3 is 2.48 bits per heavy atom. The highest BCUT2D eigenvalue weighted by molar-refractivity contribution is 6.30. The number of ketones is 1. The van der Waals surface area contributed by atoms with E-state index in [1.54, 1.807) is 24.3 Å². The molecular formula is C24H16ClNO3. The number of carbonyl (C=O) groups is 1. The molecule has 2 heterocycles. The Morgan fingerprint density at radius 2 is 1.69 bits per heavy atom. The zero-order valence-electron chi connectivity index (χ0n) is 15.3. The Bertz CT molecular complexity index is 1300. The van der Waals surface area contributed by atoms with Gasteiger partial charge in [-0.2, -0.15) is 0 Å². The molecule has 5 heteroatoms. The average Bonchev–Trinajstić information content (AvgIpc) is 3.15. The highest BCUT2D eigenvalue weighted by Gasteiger charge is 2.43. The molecule has 142 valence electrons. The Balaban J connectivity index is 1.75. The number of aromatic nitrogens is 1. The topological polar surface area (TPSA) is 59.2 Å². The summed E-state index contributed by atoms with van der Waals surface area (Å²) in [6, 6.07) is 23.7. The Hall–Kier alpha value is -3.37. The molecule has 5 rings (SSSR count). The van der Waals surface area contributed by atoms with Gasteiger partial charge in [0.2, 0.25) is 5.78 Å². The fourth-order valence-electron chi connectivity index (χ4n) is 4.00. The summed E-state index contributed by atoms with van der Waals surface area (Å²) in [6.45, 7) is 0. The summed E-state index contributed by atoms with van der Waals surface area (Å²) < 4.78 is 6.21. The highest BCUT2D eigenvalue weighted by Crippen LogP contribution is 2.44. The number of hydrogen-bond donors (Lipinski definition) is 1. The van der Waals surface area contributed by atoms with Gasteiger partial charge in [-0.15, -0.1) is 0 Å². The minimum absolute atomic E-state index is 0.171. The molecule has 29 heavy (non-hydrogen) atoms. The molecule has 0 radical (unpaired) electrons. The van der Waals surface area contributed by atoms with Crippen molar-refractivity contribution in [2.45, 2.75) is 12.0 Å². The van der Waals surface area contributed by atoms with Crippen molar-refractivity contribution in [2.75, 3.05) is 0 Å². The van der Waals surface area contributed by atoms with Crippen LogP contribution in [0, 0.1) is 0 Å². The molecule has 4 aromatic rings. The van der Waals surface area contributed by atoms with Crippen molar-refractivity contribution in [1.29, 1.82) is 0 Å². The molecular weight excluding hydrogens is 386 g/mol. The van der Waals surface area contributed by atoms with Crippen LogP contribution in [0.5, 0.6) is 5.75 Å². The standard InChI is InChI=1S/C24H16ClNO3/c25-16-10-6-9-15(13-16)19-20-22(17-11-4-5-12-18(17)26-24(20)28)29-23(19)21(27)14-7-2-1-3-8-14/h1-13,19,23H,(H,26,28). The summed E-state index contributed by atoms with van der Waals surface area (Å²) in [7, 11) is 0. The average molecular weight is 402 g/mol. The summed E-state index contributed by atoms with van der Waals surface area (Å²) >= 11 is 6.22. The molecule has 1 N–H and O–H groups in total. The summed E-state index contributed by atoms with van der Waals surface area (Å²) in [4.78, 5) is 29.3. The van der Waals surface area contributed by atoms with E-state index in [4.69, 9.17) is 16.3 Å². The van der Waals surface area contributed by atoms with Crippen molar-refractivity contribution in [3.05, 3.63) is 111 Å². The van der Waals surface area contributed by atoms with E-state index in [-0.39, 0.29) is 11.3 Å². The van der Waals surface area contributed by atoms with Gasteiger partial charge in [0.15, 0.2) is 6.10 Å². The quantitative estimate of drug-likeness (QED) is 0.494. The van der Waals surface area contributed by atoms with Crippen LogP contribution in [-0.4, -0.2) is 16.9 Å². The molecule has 0 bridgehead atoms. The first-order valence-electron chi connectivity index (χ1n) is 9.30. The summed E-state index contributed by atoms with van der Waals surface area (Å²) in [5, 5.41) is 1.32. The number of carbonyl (C=O) groups excluding carboxylic acids is 1. The Labute approximate surface area is 171 Å². The number of Topliss-reactive ketones (excluding diaryl/α,β-unsaturated/α-hetero) is 1. The monoisotopic (exact) mass is 401 g/mol. The maximum atomic E-state index is 13.4. The van der Waals surface area contributed by atoms with Crippen LogP contribution in [0.3, 0.4) is 0 Å². The van der Waals surface area contributed by atoms with Gasteiger partial charge in [-0.05, 0) is 29.8 Å². The third-order valence-electron chi connectivity index (χ3n) is 5.29. The smallest absolute Gasteiger partial charge is 0.256 e. The maximum Gasteiger partial charge on any atom is 0.256 e. The van der Waals surface area contributed by atoms with Gasteiger partial charge in [0.1, 0.15) is 5.75 Å². The van der Waals surface area contributed by atoms with E-state index >= 15 is 0 Å². The lowest BCUT2D eigenvalue weighted by Gasteiger charge is -2.18. The number of H-pyrrole nitrogens is 1. The molecule has 4 nitrogen and oxygen atoms in total. The second-order valence-corrected chi connectivity index (χ2v) is 7.48. The van der Waals surface area contributed by atoms with Gasteiger partial charge in [0.05, 0.1) is 17.0 Å². The largest absolute Gasteiger partial charge is 0.480 e. The van der Waals surface area contributed by atoms with Crippen molar-refractivity contribution in [2.24, 2.45) is 0 Å². The number of halogens is 1. The van der Waals surface area contributed by atoms with E-state index in [0.717, 1.165) is 10.9 Å². The van der Waals surface area contributed by atoms with Gasteiger partial charge in [0.25, 0.3) is 5.56 Å². The highest BCUT2D eigenvalue weighted by atomic mass is 35.5. The molecule has 2 atom stereocenters. The molecule has 0 saturated carbocycles. The number of benzene rings is 3. The number of fused-ring (bicyclic) bond motifs is 3. The van der Waals surface area contributed by atoms with Crippen LogP contribution in [0.2, 0.25) is 5.02 Å². The first-order valence-corrected chi connectivity index (χ1v) is 9.67. The molecule has 0 aliphatic carbocycles. The third-order valence-corrected chi connectivity index (χ3v) is 5.53. The van der Waals surface area contributed by atoms with Gasteiger partial charge in [-0.1, -0.05) is 66.2 Å². The van der Waals surface area contributed by atoms with Crippen LogP contribution in [-0.2, 0) is 0 Å². The minimum atomic E-state index is -0.849. The van der Waals surface area contributed by atoms with Crippen molar-refractivity contribution in [1.82, 2.24) is 4.98 Å². The van der Waals surface area contributed by atoms with E-state index in [0.29, 0.717) is 27.4 Å². The van der Waals surface area contributed by atoms with E-state index in [2.05, 4.69) is 4.98 Å². The zero-order valence-corrected chi connectivity index (χ0v) is 16.0. The molecule has 0 saturated heterocycles. The van der Waals surface area contributed by atoms with Gasteiger partial charge < -0.3 is 9.72 Å². The lowest BCUT2D eigenvalue weighted by molar-refractivity contribution is 0.0808. The lowest BCUT2D eigenvalue weighted by atomic mass is 9.85. The number of ether oxygens (including phenoxy) is 1. The predicted molar refractivity (Wildman–Crippen MR) is 113 cm³/mol. The molecule has 1 aromatic heterocycles. The van der Waals surface area contributed by atoms with Crippen LogP contribution >= 0.6 is 11.6 Å². The van der Waals surface area contributed by atoms with Crippen LogP contribution in [0.1, 0.15) is 27.4 Å². The van der Waals surface area contributed by atoms with Gasteiger partial charge >= 0.3 is 0 Å². The van der Waals surface area contributed by atoms with Crippen LogP contribution in [0.15, 0.2) is 83.7 Å². The fraction of sp³-hybridized carbons (Fsp3) is 0.0833. The molecule has 2 unspecified atom stereocenters. The maximum absolute atomic E-state index is 13.4. The van der Waals surface area contributed by atoms with Crippen molar-refractivity contribution >= 4 is 28.3 Å². The first kappa shape index (κ1) is 17.7. The van der Waals surface area contributed by atoms with E-state index in [1.165, 1.54) is 0 Å². The van der Waals surface area contributed by atoms with Gasteiger partial charge in [-0.3, -0.25) is 9.59 Å². The third kappa shape index (κ3) is 2.93. The predicted octanol–water partition coefficient (Wildman–Crippen LogP) is 4.96. The van der Waals surface area contributed by atoms with E-state index < -0.39 is 12.0 Å². The zero-order chi connectivity index (χ0) is 20.0. The van der Waals surface area contributed by atoms with Crippen molar-refractivity contribution < 1.29 is 9.53 Å². The normalized spacial score (nSPS) is 17.7. The number of para-hydroxylation sites is 1. The van der Waals surface area contributed by atoms with Crippen LogP contribution in [0.4, 0.5) is 0 Å². The second-order valence-electron chi connectivity index (χ2n) is 7.04. The summed E-state index contributed by atoms with van der Waals surface area (Å²) in [5.74, 6) is -0.261. The minimum Gasteiger partial charge on any atom is -0.480 e. The molecule has 0 amide bonds. The Morgan fingerprint density at radius 1 is 0.931 bits per heavy atom. The van der Waals surface area contributed by atoms with Crippen molar-refractivity contribution in [3.63, 3.8) is 0 Å². The van der Waals surface area contributed by atoms with Gasteiger partial charge in [-0.25, -0.2) is 0 Å². The second kappa shape index (κ2) is 6.90. The number of pyridine rings is 1.